The number of nitrogens with zero attached hydrogens (tertiary/aromatic N) is 4. The summed E-state index contributed by atoms with van der Waals surface area (Å²) in [5.74, 6) is 4.68. The third kappa shape index (κ3) is 10.0. The van der Waals surface area contributed by atoms with Gasteiger partial charge >= 0.3 is 0 Å². The molecule has 150 valence electrons. The van der Waals surface area contributed by atoms with E-state index in [9.17, 15) is 0 Å². The van der Waals surface area contributed by atoms with Gasteiger partial charge in [0.2, 0.25) is 0 Å². The smallest absolute Gasteiger partial charge is 0.191 e. The van der Waals surface area contributed by atoms with Crippen molar-refractivity contribution in [3.8, 4) is 0 Å². The molecule has 1 aromatic rings. The van der Waals surface area contributed by atoms with E-state index in [4.69, 9.17) is 0 Å². The molecule has 0 unspecified atom stereocenters. The lowest BCUT2D eigenvalue weighted by Crippen LogP contribution is -2.38. The summed E-state index contributed by atoms with van der Waals surface area (Å²) in [5, 5.41) is 15.2. The summed E-state index contributed by atoms with van der Waals surface area (Å²) in [6.45, 7) is 9.01. The van der Waals surface area contributed by atoms with Gasteiger partial charge in [-0.2, -0.15) is 11.8 Å². The highest BCUT2D eigenvalue weighted by molar-refractivity contribution is 7.98. The summed E-state index contributed by atoms with van der Waals surface area (Å²) in [5.41, 5.74) is 0. The third-order valence-electron chi connectivity index (χ3n) is 4.38. The van der Waals surface area contributed by atoms with Crippen LogP contribution in [0.15, 0.2) is 4.99 Å². The van der Waals surface area contributed by atoms with Gasteiger partial charge in [-0.25, -0.2) is 4.99 Å². The second-order valence-corrected chi connectivity index (χ2v) is 8.17. The number of aliphatic imine (C=N–C) groups is 1. The monoisotopic (exact) mass is 382 g/mol. The zero-order valence-corrected chi connectivity index (χ0v) is 18.2. The van der Waals surface area contributed by atoms with E-state index in [0.29, 0.717) is 6.54 Å². The zero-order valence-electron chi connectivity index (χ0n) is 17.3. The Morgan fingerprint density at radius 3 is 2.38 bits per heavy atom. The van der Waals surface area contributed by atoms with E-state index in [2.05, 4.69) is 45.9 Å². The number of hydrogen-bond acceptors (Lipinski definition) is 4. The predicted molar refractivity (Wildman–Crippen MR) is 114 cm³/mol. The average Bonchev–Trinajstić information content (AvgIpc) is 2.93. The zero-order chi connectivity index (χ0) is 19.2. The molecule has 0 aliphatic rings. The van der Waals surface area contributed by atoms with Gasteiger partial charge in [0.1, 0.15) is 12.4 Å². The molecule has 2 N–H and O–H groups in total. The lowest BCUT2D eigenvalue weighted by atomic mass is 10.0. The van der Waals surface area contributed by atoms with Crippen molar-refractivity contribution < 1.29 is 0 Å². The van der Waals surface area contributed by atoms with Gasteiger partial charge in [-0.3, -0.25) is 0 Å². The molecule has 0 bridgehead atoms. The van der Waals surface area contributed by atoms with Crippen molar-refractivity contribution >= 4 is 17.7 Å². The van der Waals surface area contributed by atoms with Crippen LogP contribution in [0.2, 0.25) is 0 Å². The van der Waals surface area contributed by atoms with Crippen LogP contribution in [0, 0.1) is 12.8 Å². The summed E-state index contributed by atoms with van der Waals surface area (Å²) >= 11 is 1.88. The molecule has 0 aliphatic heterocycles. The number of aromatic nitrogens is 3. The normalized spacial score (nSPS) is 12.0. The van der Waals surface area contributed by atoms with Crippen molar-refractivity contribution in [2.24, 2.45) is 18.0 Å². The Morgan fingerprint density at radius 2 is 1.77 bits per heavy atom. The Hall–Kier alpha value is -1.24. The van der Waals surface area contributed by atoms with Crippen molar-refractivity contribution in [1.82, 2.24) is 25.4 Å². The van der Waals surface area contributed by atoms with Gasteiger partial charge in [-0.15, -0.1) is 10.2 Å². The number of nitrogens with one attached hydrogen (secondary N) is 2. The first-order valence-corrected chi connectivity index (χ1v) is 11.3. The summed E-state index contributed by atoms with van der Waals surface area (Å²) < 4.78 is 1.99. The van der Waals surface area contributed by atoms with Crippen molar-refractivity contribution in [3.63, 3.8) is 0 Å². The molecule has 0 fully saturated rings. The van der Waals surface area contributed by atoms with Gasteiger partial charge in [-0.1, -0.05) is 39.5 Å². The Balaban J connectivity index is 2.37. The molecule has 1 heterocycles. The topological polar surface area (TPSA) is 67.1 Å². The fraction of sp³-hybridized carbons (Fsp3) is 0.842. The van der Waals surface area contributed by atoms with Gasteiger partial charge in [0, 0.05) is 20.1 Å². The Bertz CT molecular complexity index is 512. The molecule has 7 heteroatoms. The van der Waals surface area contributed by atoms with Crippen molar-refractivity contribution in [1.29, 1.82) is 0 Å². The van der Waals surface area contributed by atoms with Gasteiger partial charge in [-0.05, 0) is 37.7 Å². The van der Waals surface area contributed by atoms with Crippen LogP contribution in [0.1, 0.15) is 64.0 Å². The molecule has 6 nitrogen and oxygen atoms in total. The van der Waals surface area contributed by atoms with Gasteiger partial charge < -0.3 is 15.2 Å². The Labute approximate surface area is 164 Å². The molecule has 0 radical (unpaired) electrons. The molecule has 26 heavy (non-hydrogen) atoms. The highest BCUT2D eigenvalue weighted by atomic mass is 32.2. The first kappa shape index (κ1) is 22.8. The second-order valence-electron chi connectivity index (χ2n) is 7.18. The molecule has 0 aromatic carbocycles. The van der Waals surface area contributed by atoms with E-state index >= 15 is 0 Å². The Morgan fingerprint density at radius 1 is 1.08 bits per heavy atom. The lowest BCUT2D eigenvalue weighted by Gasteiger charge is -2.12. The number of unbranched alkanes of at least 4 members (excludes halogenated alkanes) is 3. The molecule has 1 rings (SSSR count). The van der Waals surface area contributed by atoms with Gasteiger partial charge in [0.05, 0.1) is 0 Å². The van der Waals surface area contributed by atoms with E-state index in [1.165, 1.54) is 37.9 Å². The molecule has 0 atom stereocenters. The van der Waals surface area contributed by atoms with Gasteiger partial charge in [0.15, 0.2) is 11.8 Å². The summed E-state index contributed by atoms with van der Waals surface area (Å²) in [7, 11) is 1.98. The highest BCUT2D eigenvalue weighted by Gasteiger charge is 2.05. The van der Waals surface area contributed by atoms with Crippen LogP contribution in [0.5, 0.6) is 0 Å². The first-order chi connectivity index (χ1) is 12.5. The number of aryl methyl sites for hydroxylation is 1. The Kier molecular flexibility index (Phi) is 12.2. The van der Waals surface area contributed by atoms with Crippen LogP contribution in [0.4, 0.5) is 0 Å². The summed E-state index contributed by atoms with van der Waals surface area (Å²) in [4.78, 5) is 4.69. The number of guanidine groups is 1. The highest BCUT2D eigenvalue weighted by Crippen LogP contribution is 2.09. The van der Waals surface area contributed by atoms with E-state index in [1.807, 2.05) is 30.3 Å². The van der Waals surface area contributed by atoms with Crippen LogP contribution in [0.25, 0.3) is 0 Å². The largest absolute Gasteiger partial charge is 0.356 e. The fourth-order valence-electron chi connectivity index (χ4n) is 2.57. The standard InChI is InChI=1S/C19H38N6S/c1-16(2)11-8-6-7-9-12-20-19(21-13-10-14-26-5)22-15-18-24-23-17(3)25(18)4/h16H,6-15H2,1-5H3,(H2,20,21,22). The van der Waals surface area contributed by atoms with Crippen LogP contribution in [-0.4, -0.2) is 45.8 Å². The molecule has 0 aliphatic carbocycles. The molecular formula is C19H38N6S. The fourth-order valence-corrected chi connectivity index (χ4v) is 3.01. The van der Waals surface area contributed by atoms with Crippen LogP contribution >= 0.6 is 11.8 Å². The first-order valence-electron chi connectivity index (χ1n) is 9.90. The predicted octanol–water partition coefficient (Wildman–Crippen LogP) is 3.52. The summed E-state index contributed by atoms with van der Waals surface area (Å²) in [6, 6.07) is 0. The second kappa shape index (κ2) is 13.9. The lowest BCUT2D eigenvalue weighted by molar-refractivity contribution is 0.518. The van der Waals surface area contributed by atoms with Crippen LogP contribution < -0.4 is 10.6 Å². The summed E-state index contributed by atoms with van der Waals surface area (Å²) in [6.07, 6.45) is 9.76. The SMILES string of the molecule is CSCCCNC(=NCc1nnc(C)n1C)NCCCCCCC(C)C. The molecule has 0 saturated heterocycles. The van der Waals surface area contributed by atoms with Crippen LogP contribution in [0.3, 0.4) is 0 Å². The molecule has 0 amide bonds. The number of rotatable bonds is 13. The molecule has 1 aromatic heterocycles. The van der Waals surface area contributed by atoms with Gasteiger partial charge in [0.25, 0.3) is 0 Å². The molecule has 0 saturated carbocycles. The number of thioether (sulfide) groups is 1. The molecule has 0 spiro atoms. The maximum Gasteiger partial charge on any atom is 0.191 e. The minimum atomic E-state index is 0.545. The van der Waals surface area contributed by atoms with Crippen molar-refractivity contribution in [3.05, 3.63) is 11.6 Å². The maximum absolute atomic E-state index is 4.69. The quantitative estimate of drug-likeness (QED) is 0.310. The van der Waals surface area contributed by atoms with Crippen molar-refractivity contribution in [2.45, 2.75) is 65.8 Å². The number of hydrogen-bond donors (Lipinski definition) is 2. The van der Waals surface area contributed by atoms with E-state index in [1.54, 1.807) is 0 Å². The maximum atomic E-state index is 4.69. The average molecular weight is 383 g/mol. The van der Waals surface area contributed by atoms with Crippen molar-refractivity contribution in [2.75, 3.05) is 25.1 Å². The van der Waals surface area contributed by atoms with E-state index in [0.717, 1.165) is 43.0 Å². The van der Waals surface area contributed by atoms with E-state index < -0.39 is 0 Å². The van der Waals surface area contributed by atoms with E-state index in [-0.39, 0.29) is 0 Å². The third-order valence-corrected chi connectivity index (χ3v) is 5.08. The van der Waals surface area contributed by atoms with Crippen LogP contribution in [-0.2, 0) is 13.6 Å². The minimum absolute atomic E-state index is 0.545. The minimum Gasteiger partial charge on any atom is -0.356 e. The molecular weight excluding hydrogens is 344 g/mol.